The molecule has 1 aromatic carbocycles. The third-order valence-corrected chi connectivity index (χ3v) is 3.31. The van der Waals surface area contributed by atoms with Gasteiger partial charge < -0.3 is 15.7 Å². The first-order valence-corrected chi connectivity index (χ1v) is 5.98. The SMILES string of the molecule is NC(=O)C1CCCN1c1ccc(CO)cc1[N+](=O)[O-]. The average molecular weight is 265 g/mol. The summed E-state index contributed by atoms with van der Waals surface area (Å²) < 4.78 is 0. The van der Waals surface area contributed by atoms with Crippen LogP contribution >= 0.6 is 0 Å². The Hall–Kier alpha value is -2.15. The Kier molecular flexibility index (Phi) is 3.66. The number of aliphatic hydroxyl groups is 1. The van der Waals surface area contributed by atoms with Gasteiger partial charge >= 0.3 is 0 Å². The summed E-state index contributed by atoms with van der Waals surface area (Å²) in [6.07, 6.45) is 1.38. The summed E-state index contributed by atoms with van der Waals surface area (Å²) in [5.41, 5.74) is 6.05. The number of nitrogens with zero attached hydrogens (tertiary/aromatic N) is 2. The Morgan fingerprint density at radius 1 is 1.58 bits per heavy atom. The highest BCUT2D eigenvalue weighted by atomic mass is 16.6. The standard InChI is InChI=1S/C12H15N3O4/c13-12(17)10-2-1-5-14(10)9-4-3-8(7-16)6-11(9)15(18)19/h3-4,6,10,16H,1-2,5,7H2,(H2,13,17). The monoisotopic (exact) mass is 265 g/mol. The van der Waals surface area contributed by atoms with Crippen molar-refractivity contribution in [3.63, 3.8) is 0 Å². The zero-order chi connectivity index (χ0) is 14.0. The van der Waals surface area contributed by atoms with E-state index in [1.807, 2.05) is 0 Å². The molecule has 1 aliphatic heterocycles. The number of benzene rings is 1. The number of primary amides is 1. The van der Waals surface area contributed by atoms with Crippen LogP contribution in [0.2, 0.25) is 0 Å². The molecule has 0 saturated carbocycles. The summed E-state index contributed by atoms with van der Waals surface area (Å²) in [6, 6.07) is 3.99. The van der Waals surface area contributed by atoms with Crippen molar-refractivity contribution in [2.75, 3.05) is 11.4 Å². The first kappa shape index (κ1) is 13.3. The lowest BCUT2D eigenvalue weighted by atomic mass is 10.1. The van der Waals surface area contributed by atoms with Crippen LogP contribution in [-0.2, 0) is 11.4 Å². The molecule has 2 rings (SSSR count). The van der Waals surface area contributed by atoms with Gasteiger partial charge in [0, 0.05) is 12.6 Å². The molecule has 19 heavy (non-hydrogen) atoms. The number of nitrogens with two attached hydrogens (primary N) is 1. The van der Waals surface area contributed by atoms with Crippen LogP contribution in [0, 0.1) is 10.1 Å². The molecule has 7 heteroatoms. The van der Waals surface area contributed by atoms with Crippen molar-refractivity contribution in [1.29, 1.82) is 0 Å². The van der Waals surface area contributed by atoms with Crippen molar-refractivity contribution in [1.82, 2.24) is 0 Å². The molecule has 0 spiro atoms. The van der Waals surface area contributed by atoms with E-state index >= 15 is 0 Å². The van der Waals surface area contributed by atoms with E-state index in [4.69, 9.17) is 10.8 Å². The largest absolute Gasteiger partial charge is 0.392 e. The van der Waals surface area contributed by atoms with E-state index in [2.05, 4.69) is 0 Å². The van der Waals surface area contributed by atoms with E-state index in [1.54, 1.807) is 17.0 Å². The topological polar surface area (TPSA) is 110 Å². The van der Waals surface area contributed by atoms with Gasteiger partial charge in [0.2, 0.25) is 5.91 Å². The molecule has 1 heterocycles. The van der Waals surface area contributed by atoms with Crippen LogP contribution in [0.5, 0.6) is 0 Å². The number of nitro benzene ring substituents is 1. The average Bonchev–Trinajstić information content (AvgIpc) is 2.87. The molecule has 1 amide bonds. The van der Waals surface area contributed by atoms with Gasteiger partial charge in [0.25, 0.3) is 5.69 Å². The summed E-state index contributed by atoms with van der Waals surface area (Å²) in [4.78, 5) is 23.6. The van der Waals surface area contributed by atoms with Gasteiger partial charge in [0.15, 0.2) is 0 Å². The van der Waals surface area contributed by atoms with Crippen LogP contribution < -0.4 is 10.6 Å². The van der Waals surface area contributed by atoms with Gasteiger partial charge in [-0.25, -0.2) is 0 Å². The Balaban J connectivity index is 2.43. The lowest BCUT2D eigenvalue weighted by Crippen LogP contribution is -2.40. The molecule has 102 valence electrons. The summed E-state index contributed by atoms with van der Waals surface area (Å²) in [5, 5.41) is 20.1. The van der Waals surface area contributed by atoms with E-state index in [0.717, 1.165) is 6.42 Å². The number of anilines is 1. The molecule has 0 bridgehead atoms. The number of aliphatic hydroxyl groups excluding tert-OH is 1. The lowest BCUT2D eigenvalue weighted by Gasteiger charge is -2.24. The minimum atomic E-state index is -0.509. The van der Waals surface area contributed by atoms with Crippen LogP contribution in [0.1, 0.15) is 18.4 Å². The molecule has 3 N–H and O–H groups in total. The van der Waals surface area contributed by atoms with Crippen LogP contribution in [-0.4, -0.2) is 28.5 Å². The second-order valence-corrected chi connectivity index (χ2v) is 4.49. The predicted octanol–water partition coefficient (Wildman–Crippen LogP) is 0.541. The summed E-state index contributed by atoms with van der Waals surface area (Å²) >= 11 is 0. The molecule has 0 aliphatic carbocycles. The number of carbonyl (C=O) groups excluding carboxylic acids is 1. The van der Waals surface area contributed by atoms with Crippen molar-refractivity contribution in [3.8, 4) is 0 Å². The van der Waals surface area contributed by atoms with Gasteiger partial charge in [-0.3, -0.25) is 14.9 Å². The fraction of sp³-hybridized carbons (Fsp3) is 0.417. The molecular weight excluding hydrogens is 250 g/mol. The third-order valence-electron chi connectivity index (χ3n) is 3.31. The Bertz CT molecular complexity index is 518. The van der Waals surface area contributed by atoms with Crippen molar-refractivity contribution in [2.45, 2.75) is 25.5 Å². The zero-order valence-corrected chi connectivity index (χ0v) is 10.3. The van der Waals surface area contributed by atoms with Gasteiger partial charge in [-0.2, -0.15) is 0 Å². The van der Waals surface area contributed by atoms with Crippen LogP contribution in [0.15, 0.2) is 18.2 Å². The van der Waals surface area contributed by atoms with Crippen LogP contribution in [0.3, 0.4) is 0 Å². The van der Waals surface area contributed by atoms with E-state index < -0.39 is 16.9 Å². The molecule has 0 radical (unpaired) electrons. The number of amides is 1. The second kappa shape index (κ2) is 5.23. The predicted molar refractivity (Wildman–Crippen MR) is 68.6 cm³/mol. The minimum Gasteiger partial charge on any atom is -0.392 e. The zero-order valence-electron chi connectivity index (χ0n) is 10.3. The smallest absolute Gasteiger partial charge is 0.292 e. The number of nitro groups is 1. The van der Waals surface area contributed by atoms with Gasteiger partial charge in [-0.05, 0) is 24.5 Å². The van der Waals surface area contributed by atoms with E-state index in [1.165, 1.54) is 6.07 Å². The van der Waals surface area contributed by atoms with E-state index in [-0.39, 0.29) is 12.3 Å². The molecular formula is C12H15N3O4. The molecule has 1 fully saturated rings. The molecule has 1 aliphatic rings. The normalized spacial score (nSPS) is 18.6. The van der Waals surface area contributed by atoms with Crippen LogP contribution in [0.25, 0.3) is 0 Å². The lowest BCUT2D eigenvalue weighted by molar-refractivity contribution is -0.384. The second-order valence-electron chi connectivity index (χ2n) is 4.49. The maximum absolute atomic E-state index is 11.4. The third kappa shape index (κ3) is 2.50. The number of hydrogen-bond acceptors (Lipinski definition) is 5. The summed E-state index contributed by atoms with van der Waals surface area (Å²) in [6.45, 7) is 0.299. The molecule has 1 atom stereocenters. The van der Waals surface area contributed by atoms with Crippen molar-refractivity contribution < 1.29 is 14.8 Å². The molecule has 1 aromatic rings. The maximum atomic E-state index is 11.4. The summed E-state index contributed by atoms with van der Waals surface area (Å²) in [5.74, 6) is -0.474. The highest BCUT2D eigenvalue weighted by Crippen LogP contribution is 2.34. The number of hydrogen-bond donors (Lipinski definition) is 2. The Morgan fingerprint density at radius 3 is 2.89 bits per heavy atom. The number of rotatable bonds is 4. The minimum absolute atomic E-state index is 0.111. The molecule has 1 saturated heterocycles. The van der Waals surface area contributed by atoms with Gasteiger partial charge in [-0.1, -0.05) is 6.07 Å². The van der Waals surface area contributed by atoms with E-state index in [0.29, 0.717) is 24.2 Å². The van der Waals surface area contributed by atoms with Crippen molar-refractivity contribution in [2.24, 2.45) is 5.73 Å². The fourth-order valence-electron chi connectivity index (χ4n) is 2.41. The maximum Gasteiger partial charge on any atom is 0.292 e. The van der Waals surface area contributed by atoms with Gasteiger partial charge in [0.05, 0.1) is 11.5 Å². The molecule has 0 aromatic heterocycles. The fourth-order valence-corrected chi connectivity index (χ4v) is 2.41. The highest BCUT2D eigenvalue weighted by molar-refractivity contribution is 5.85. The van der Waals surface area contributed by atoms with Crippen molar-refractivity contribution in [3.05, 3.63) is 33.9 Å². The molecule has 1 unspecified atom stereocenters. The Labute approximate surface area is 109 Å². The first-order chi connectivity index (χ1) is 9.04. The first-order valence-electron chi connectivity index (χ1n) is 5.98. The Morgan fingerprint density at radius 2 is 2.32 bits per heavy atom. The van der Waals surface area contributed by atoms with Gasteiger partial charge in [-0.15, -0.1) is 0 Å². The number of carbonyl (C=O) groups is 1. The van der Waals surface area contributed by atoms with Gasteiger partial charge in [0.1, 0.15) is 11.7 Å². The highest BCUT2D eigenvalue weighted by Gasteiger charge is 2.33. The molecule has 7 nitrogen and oxygen atoms in total. The summed E-state index contributed by atoms with van der Waals surface area (Å²) in [7, 11) is 0. The quantitative estimate of drug-likeness (QED) is 0.610. The van der Waals surface area contributed by atoms with Crippen molar-refractivity contribution >= 4 is 17.3 Å². The van der Waals surface area contributed by atoms with E-state index in [9.17, 15) is 14.9 Å². The van der Waals surface area contributed by atoms with Crippen LogP contribution in [0.4, 0.5) is 11.4 Å².